The Kier molecular flexibility index (Phi) is 5.52. The molecule has 0 saturated carbocycles. The van der Waals surface area contributed by atoms with Crippen molar-refractivity contribution in [2.75, 3.05) is 6.54 Å². The number of rotatable bonds is 6. The minimum atomic E-state index is 0.103. The number of fused-ring (bicyclic) bond motifs is 3. The van der Waals surface area contributed by atoms with Crippen LogP contribution in [0.3, 0.4) is 0 Å². The zero-order valence-electron chi connectivity index (χ0n) is 14.9. The largest absolute Gasteiger partial charge is 0.330 e. The molecule has 140 valence electrons. The first-order chi connectivity index (χ1) is 13.2. The normalized spacial score (nSPS) is 14.3. The fraction of sp³-hybridized carbons (Fsp3) is 0.350. The van der Waals surface area contributed by atoms with Gasteiger partial charge in [-0.15, -0.1) is 11.3 Å². The number of hydrogen-bond donors (Lipinski definition) is 1. The van der Waals surface area contributed by atoms with Crippen molar-refractivity contribution in [3.8, 4) is 11.3 Å². The molecular formula is C20H21BrN4OS. The number of carbonyl (C=O) groups excluding carboxylic acids is 1. The number of hydrogen-bond acceptors (Lipinski definition) is 5. The molecule has 0 bridgehead atoms. The summed E-state index contributed by atoms with van der Waals surface area (Å²) >= 11 is 5.23. The van der Waals surface area contributed by atoms with E-state index in [0.717, 1.165) is 52.1 Å². The highest BCUT2D eigenvalue weighted by atomic mass is 79.9. The quantitative estimate of drug-likeness (QED) is 0.580. The molecule has 0 radical (unpaired) electrons. The molecule has 0 fully saturated rings. The van der Waals surface area contributed by atoms with Gasteiger partial charge in [-0.1, -0.05) is 6.07 Å². The average molecular weight is 445 g/mol. The van der Waals surface area contributed by atoms with Crippen LogP contribution in [0.15, 0.2) is 41.1 Å². The van der Waals surface area contributed by atoms with Crippen LogP contribution in [-0.2, 0) is 19.4 Å². The second-order valence-corrected chi connectivity index (χ2v) is 8.86. The van der Waals surface area contributed by atoms with Gasteiger partial charge in [-0.2, -0.15) is 5.10 Å². The van der Waals surface area contributed by atoms with Crippen LogP contribution in [0, 0.1) is 5.92 Å². The molecule has 1 atom stereocenters. The van der Waals surface area contributed by atoms with E-state index in [1.54, 1.807) is 17.5 Å². The lowest BCUT2D eigenvalue weighted by Crippen LogP contribution is -2.20. The Labute approximate surface area is 170 Å². The molecule has 0 amide bonds. The molecule has 5 nitrogen and oxygen atoms in total. The van der Waals surface area contributed by atoms with E-state index < -0.39 is 0 Å². The Morgan fingerprint density at radius 3 is 3.07 bits per heavy atom. The standard InChI is InChI=1S/C20H21BrN4OS/c21-16-12-24-25-7-3-5-18-15(20(16)25)10-19(27-18)17(26)9-13(11-22)8-14-4-1-2-6-23-14/h1-2,4,6,10,12-13H,3,5,7-9,11,22H2. The zero-order chi connectivity index (χ0) is 18.8. The van der Waals surface area contributed by atoms with Gasteiger partial charge in [-0.25, -0.2) is 0 Å². The minimum Gasteiger partial charge on any atom is -0.330 e. The number of halogens is 1. The molecule has 0 aliphatic carbocycles. The summed E-state index contributed by atoms with van der Waals surface area (Å²) in [4.78, 5) is 19.4. The lowest BCUT2D eigenvalue weighted by molar-refractivity contribution is 0.0966. The zero-order valence-corrected chi connectivity index (χ0v) is 17.3. The topological polar surface area (TPSA) is 73.8 Å². The fourth-order valence-corrected chi connectivity index (χ4v) is 5.22. The Balaban J connectivity index is 1.55. The van der Waals surface area contributed by atoms with Crippen molar-refractivity contribution in [3.63, 3.8) is 0 Å². The molecule has 3 aromatic heterocycles. The summed E-state index contributed by atoms with van der Waals surface area (Å²) < 4.78 is 3.01. The van der Waals surface area contributed by atoms with Gasteiger partial charge in [-0.05, 0) is 65.9 Å². The highest BCUT2D eigenvalue weighted by molar-refractivity contribution is 9.10. The van der Waals surface area contributed by atoms with Gasteiger partial charge in [0.25, 0.3) is 0 Å². The van der Waals surface area contributed by atoms with E-state index in [1.807, 2.05) is 35.1 Å². The van der Waals surface area contributed by atoms with Crippen molar-refractivity contribution in [2.24, 2.45) is 11.7 Å². The van der Waals surface area contributed by atoms with Crippen LogP contribution in [0.4, 0.5) is 0 Å². The molecule has 27 heavy (non-hydrogen) atoms. The molecular weight excluding hydrogens is 424 g/mol. The molecule has 4 rings (SSSR count). The van der Waals surface area contributed by atoms with Gasteiger partial charge in [0, 0.05) is 35.3 Å². The maximum absolute atomic E-state index is 12.9. The Bertz CT molecular complexity index is 950. The number of nitrogens with two attached hydrogens (primary N) is 1. The Morgan fingerprint density at radius 2 is 2.30 bits per heavy atom. The Hall–Kier alpha value is -1.83. The maximum atomic E-state index is 12.9. The van der Waals surface area contributed by atoms with Gasteiger partial charge < -0.3 is 5.73 Å². The highest BCUT2D eigenvalue weighted by Crippen LogP contribution is 2.39. The van der Waals surface area contributed by atoms with Crippen LogP contribution < -0.4 is 5.73 Å². The molecule has 1 unspecified atom stereocenters. The minimum absolute atomic E-state index is 0.103. The van der Waals surface area contributed by atoms with Gasteiger partial charge >= 0.3 is 0 Å². The van der Waals surface area contributed by atoms with Gasteiger partial charge in [0.05, 0.1) is 21.2 Å². The van der Waals surface area contributed by atoms with E-state index in [4.69, 9.17) is 5.73 Å². The van der Waals surface area contributed by atoms with Gasteiger partial charge in [-0.3, -0.25) is 14.5 Å². The van der Waals surface area contributed by atoms with E-state index in [-0.39, 0.29) is 11.7 Å². The predicted octanol–water partition coefficient (Wildman–Crippen LogP) is 4.11. The third kappa shape index (κ3) is 3.90. The van der Waals surface area contributed by atoms with E-state index in [9.17, 15) is 4.79 Å². The third-order valence-electron chi connectivity index (χ3n) is 4.94. The molecule has 0 spiro atoms. The van der Waals surface area contributed by atoms with Gasteiger partial charge in [0.15, 0.2) is 5.78 Å². The molecule has 0 saturated heterocycles. The summed E-state index contributed by atoms with van der Waals surface area (Å²) in [6.45, 7) is 1.39. The molecule has 0 aromatic carbocycles. The van der Waals surface area contributed by atoms with Crippen molar-refractivity contribution in [1.82, 2.24) is 14.8 Å². The lowest BCUT2D eigenvalue weighted by Gasteiger charge is -2.12. The van der Waals surface area contributed by atoms with Crippen molar-refractivity contribution in [2.45, 2.75) is 32.2 Å². The average Bonchev–Trinajstić information content (AvgIpc) is 3.21. The van der Waals surface area contributed by atoms with Crippen LogP contribution in [0.5, 0.6) is 0 Å². The predicted molar refractivity (Wildman–Crippen MR) is 111 cm³/mol. The second kappa shape index (κ2) is 8.04. The number of thiophene rings is 1. The molecule has 1 aliphatic rings. The monoisotopic (exact) mass is 444 g/mol. The summed E-state index contributed by atoms with van der Waals surface area (Å²) in [6.07, 6.45) is 6.81. The summed E-state index contributed by atoms with van der Waals surface area (Å²) in [5, 5.41) is 4.44. The smallest absolute Gasteiger partial charge is 0.173 e. The molecule has 4 heterocycles. The number of pyridine rings is 1. The second-order valence-electron chi connectivity index (χ2n) is 6.87. The van der Waals surface area contributed by atoms with Gasteiger partial charge in [0.1, 0.15) is 0 Å². The summed E-state index contributed by atoms with van der Waals surface area (Å²) in [7, 11) is 0. The molecule has 2 N–H and O–H groups in total. The first-order valence-electron chi connectivity index (χ1n) is 9.13. The molecule has 1 aliphatic heterocycles. The summed E-state index contributed by atoms with van der Waals surface area (Å²) in [6, 6.07) is 7.89. The van der Waals surface area contributed by atoms with Crippen LogP contribution in [0.2, 0.25) is 0 Å². The first kappa shape index (κ1) is 18.5. The van der Waals surface area contributed by atoms with Crippen LogP contribution in [0.25, 0.3) is 11.3 Å². The third-order valence-corrected chi connectivity index (χ3v) is 6.76. The van der Waals surface area contributed by atoms with Crippen molar-refractivity contribution >= 4 is 33.0 Å². The number of ketones is 1. The van der Waals surface area contributed by atoms with E-state index >= 15 is 0 Å². The van der Waals surface area contributed by atoms with Crippen molar-refractivity contribution < 1.29 is 4.79 Å². The maximum Gasteiger partial charge on any atom is 0.173 e. The van der Waals surface area contributed by atoms with Crippen LogP contribution in [-0.4, -0.2) is 27.1 Å². The number of Topliss-reactive ketones (excluding diaryl/α,β-unsaturated/α-hetero) is 1. The summed E-state index contributed by atoms with van der Waals surface area (Å²) in [5.74, 6) is 0.271. The van der Waals surface area contributed by atoms with E-state index in [0.29, 0.717) is 13.0 Å². The highest BCUT2D eigenvalue weighted by Gasteiger charge is 2.24. The number of carbonyl (C=O) groups is 1. The molecule has 7 heteroatoms. The number of nitrogens with zero attached hydrogens (tertiary/aromatic N) is 3. The molecule has 3 aromatic rings. The lowest BCUT2D eigenvalue weighted by atomic mass is 9.96. The Morgan fingerprint density at radius 1 is 1.41 bits per heavy atom. The SMILES string of the molecule is NCC(CC(=O)c1cc2c(s1)CCCn1ncc(Br)c1-2)Cc1ccccn1. The van der Waals surface area contributed by atoms with Crippen LogP contribution >= 0.6 is 27.3 Å². The first-order valence-corrected chi connectivity index (χ1v) is 10.7. The fourth-order valence-electron chi connectivity index (χ4n) is 3.56. The van der Waals surface area contributed by atoms with E-state index in [2.05, 4.69) is 26.0 Å². The van der Waals surface area contributed by atoms with Crippen molar-refractivity contribution in [3.05, 3.63) is 56.6 Å². The van der Waals surface area contributed by atoms with E-state index in [1.165, 1.54) is 4.88 Å². The summed E-state index contributed by atoms with van der Waals surface area (Å²) in [5.41, 5.74) is 9.14. The van der Waals surface area contributed by atoms with Crippen molar-refractivity contribution in [1.29, 1.82) is 0 Å². The number of aromatic nitrogens is 3. The van der Waals surface area contributed by atoms with Crippen LogP contribution in [0.1, 0.15) is 33.1 Å². The van der Waals surface area contributed by atoms with Gasteiger partial charge in [0.2, 0.25) is 0 Å². The number of aryl methyl sites for hydroxylation is 2.